The molecule has 0 radical (unpaired) electrons. The smallest absolute Gasteiger partial charge is 0.339 e. The normalized spacial score (nSPS) is 10.2. The predicted molar refractivity (Wildman–Crippen MR) is 62.2 cm³/mol. The summed E-state index contributed by atoms with van der Waals surface area (Å²) < 4.78 is 4.89. The van der Waals surface area contributed by atoms with Gasteiger partial charge in [-0.25, -0.2) is 4.79 Å². The van der Waals surface area contributed by atoms with Gasteiger partial charge in [-0.15, -0.1) is 0 Å². The van der Waals surface area contributed by atoms with Gasteiger partial charge >= 0.3 is 5.97 Å². The Hall–Kier alpha value is -2.01. The second-order valence-corrected chi connectivity index (χ2v) is 3.71. The highest BCUT2D eigenvalue weighted by Crippen LogP contribution is 2.24. The molecule has 6 heteroatoms. The minimum atomic E-state index is -1.07. The summed E-state index contributed by atoms with van der Waals surface area (Å²) in [6.07, 6.45) is 1.52. The Bertz CT molecular complexity index is 526. The van der Waals surface area contributed by atoms with Crippen LogP contribution in [0.3, 0.4) is 0 Å². The Balaban J connectivity index is 2.21. The van der Waals surface area contributed by atoms with Gasteiger partial charge in [-0.1, -0.05) is 22.8 Å². The molecule has 1 aromatic heterocycles. The number of carbonyl (C=O) groups is 1. The minimum Gasteiger partial charge on any atom is -0.478 e. The lowest BCUT2D eigenvalue weighted by Gasteiger charge is -2.08. The van der Waals surface area contributed by atoms with Gasteiger partial charge in [0, 0.05) is 6.07 Å². The molecule has 0 aliphatic rings. The molecule has 0 bridgehead atoms. The average molecular weight is 253 g/mol. The number of carboxylic acid groups (broad SMARTS) is 1. The monoisotopic (exact) mass is 252 g/mol. The van der Waals surface area contributed by atoms with Gasteiger partial charge in [0.15, 0.2) is 5.76 Å². The molecule has 1 aromatic carbocycles. The summed E-state index contributed by atoms with van der Waals surface area (Å²) in [4.78, 5) is 11.0. The van der Waals surface area contributed by atoms with E-state index in [2.05, 4.69) is 10.5 Å². The number of nitrogens with one attached hydrogen (secondary N) is 1. The Kier molecular flexibility index (Phi) is 3.30. The van der Waals surface area contributed by atoms with E-state index in [0.29, 0.717) is 18.0 Å². The maximum atomic E-state index is 11.0. The number of rotatable bonds is 4. The zero-order chi connectivity index (χ0) is 12.3. The summed E-state index contributed by atoms with van der Waals surface area (Å²) >= 11 is 5.83. The fourth-order valence-electron chi connectivity index (χ4n) is 1.40. The van der Waals surface area contributed by atoms with E-state index in [1.165, 1.54) is 12.3 Å². The van der Waals surface area contributed by atoms with Crippen molar-refractivity contribution in [3.05, 3.63) is 46.8 Å². The zero-order valence-corrected chi connectivity index (χ0v) is 9.44. The van der Waals surface area contributed by atoms with Gasteiger partial charge < -0.3 is 14.9 Å². The van der Waals surface area contributed by atoms with E-state index in [1.807, 2.05) is 0 Å². The number of benzene rings is 1. The van der Waals surface area contributed by atoms with Crippen molar-refractivity contribution in [1.82, 2.24) is 5.16 Å². The van der Waals surface area contributed by atoms with Crippen molar-refractivity contribution in [3.63, 3.8) is 0 Å². The number of nitrogens with zero attached hydrogens (tertiary/aromatic N) is 1. The molecule has 0 aliphatic carbocycles. The van der Waals surface area contributed by atoms with E-state index in [-0.39, 0.29) is 10.6 Å². The number of halogens is 1. The molecular weight excluding hydrogens is 244 g/mol. The van der Waals surface area contributed by atoms with Gasteiger partial charge in [-0.05, 0) is 12.1 Å². The molecular formula is C11H9ClN2O3. The van der Waals surface area contributed by atoms with E-state index in [4.69, 9.17) is 21.2 Å². The molecule has 88 valence electrons. The van der Waals surface area contributed by atoms with Crippen molar-refractivity contribution in [1.29, 1.82) is 0 Å². The van der Waals surface area contributed by atoms with Gasteiger partial charge in [-0.2, -0.15) is 0 Å². The standard InChI is InChI=1S/C11H9ClN2O3/c12-8-2-1-3-9(10(8)11(15)16)13-6-7-4-5-14-17-7/h1-5,13H,6H2,(H,15,16). The summed E-state index contributed by atoms with van der Waals surface area (Å²) in [5.74, 6) is -0.461. The van der Waals surface area contributed by atoms with Crippen molar-refractivity contribution in [3.8, 4) is 0 Å². The van der Waals surface area contributed by atoms with Crippen LogP contribution in [-0.4, -0.2) is 16.2 Å². The van der Waals surface area contributed by atoms with Gasteiger partial charge in [0.2, 0.25) is 0 Å². The van der Waals surface area contributed by atoms with Crippen LogP contribution in [0.2, 0.25) is 5.02 Å². The van der Waals surface area contributed by atoms with Gasteiger partial charge in [-0.3, -0.25) is 0 Å². The Labute approximate surface area is 102 Å². The number of hydrogen-bond donors (Lipinski definition) is 2. The molecule has 2 rings (SSSR count). The molecule has 2 N–H and O–H groups in total. The first-order valence-electron chi connectivity index (χ1n) is 4.83. The van der Waals surface area contributed by atoms with E-state index >= 15 is 0 Å². The van der Waals surface area contributed by atoms with Crippen LogP contribution in [0.4, 0.5) is 5.69 Å². The fourth-order valence-corrected chi connectivity index (χ4v) is 1.66. The van der Waals surface area contributed by atoms with Gasteiger partial charge in [0.1, 0.15) is 5.56 Å². The van der Waals surface area contributed by atoms with Crippen LogP contribution in [0.5, 0.6) is 0 Å². The zero-order valence-electron chi connectivity index (χ0n) is 8.68. The van der Waals surface area contributed by atoms with E-state index in [9.17, 15) is 4.79 Å². The lowest BCUT2D eigenvalue weighted by atomic mass is 10.1. The summed E-state index contributed by atoms with van der Waals surface area (Å²) in [6.45, 7) is 0.348. The number of carboxylic acids is 1. The van der Waals surface area contributed by atoms with Crippen LogP contribution in [0.1, 0.15) is 16.1 Å². The maximum Gasteiger partial charge on any atom is 0.339 e. The summed E-state index contributed by atoms with van der Waals surface area (Å²) in [6, 6.07) is 6.55. The van der Waals surface area contributed by atoms with E-state index in [0.717, 1.165) is 0 Å². The van der Waals surface area contributed by atoms with Gasteiger partial charge in [0.25, 0.3) is 0 Å². The first kappa shape index (κ1) is 11.5. The van der Waals surface area contributed by atoms with E-state index in [1.54, 1.807) is 18.2 Å². The van der Waals surface area contributed by atoms with Crippen molar-refractivity contribution < 1.29 is 14.4 Å². The lowest BCUT2D eigenvalue weighted by molar-refractivity contribution is 0.0698. The quantitative estimate of drug-likeness (QED) is 0.875. The first-order valence-corrected chi connectivity index (χ1v) is 5.21. The van der Waals surface area contributed by atoms with Crippen LogP contribution in [0, 0.1) is 0 Å². The lowest BCUT2D eigenvalue weighted by Crippen LogP contribution is -2.06. The molecule has 2 aromatic rings. The summed E-state index contributed by atoms with van der Waals surface area (Å²) in [7, 11) is 0. The van der Waals surface area contributed by atoms with Crippen LogP contribution in [0.25, 0.3) is 0 Å². The Morgan fingerprint density at radius 3 is 2.94 bits per heavy atom. The minimum absolute atomic E-state index is 0.0497. The van der Waals surface area contributed by atoms with Gasteiger partial charge in [0.05, 0.1) is 23.5 Å². The molecule has 0 unspecified atom stereocenters. The molecule has 0 atom stereocenters. The first-order chi connectivity index (χ1) is 8.18. The SMILES string of the molecule is O=C(O)c1c(Cl)cccc1NCc1ccno1. The van der Waals surface area contributed by atoms with Crippen LogP contribution >= 0.6 is 11.6 Å². The molecule has 1 heterocycles. The number of aromatic carboxylic acids is 1. The average Bonchev–Trinajstić information content (AvgIpc) is 2.78. The highest BCUT2D eigenvalue weighted by atomic mass is 35.5. The third kappa shape index (κ3) is 2.57. The summed E-state index contributed by atoms with van der Waals surface area (Å²) in [5.41, 5.74) is 0.495. The van der Waals surface area contributed by atoms with Crippen LogP contribution in [0.15, 0.2) is 35.0 Å². The van der Waals surface area contributed by atoms with Crippen molar-refractivity contribution >= 4 is 23.3 Å². The predicted octanol–water partition coefficient (Wildman–Crippen LogP) is 2.64. The van der Waals surface area contributed by atoms with Crippen molar-refractivity contribution in [2.24, 2.45) is 0 Å². The van der Waals surface area contributed by atoms with E-state index < -0.39 is 5.97 Å². The largest absolute Gasteiger partial charge is 0.478 e. The topological polar surface area (TPSA) is 75.4 Å². The van der Waals surface area contributed by atoms with Crippen LogP contribution < -0.4 is 5.32 Å². The molecule has 0 saturated heterocycles. The molecule has 0 aliphatic heterocycles. The Morgan fingerprint density at radius 2 is 2.29 bits per heavy atom. The molecule has 0 amide bonds. The Morgan fingerprint density at radius 1 is 1.47 bits per heavy atom. The second-order valence-electron chi connectivity index (χ2n) is 3.30. The van der Waals surface area contributed by atoms with Crippen molar-refractivity contribution in [2.45, 2.75) is 6.54 Å². The highest BCUT2D eigenvalue weighted by Gasteiger charge is 2.14. The van der Waals surface area contributed by atoms with Crippen LogP contribution in [-0.2, 0) is 6.54 Å². The summed E-state index contributed by atoms with van der Waals surface area (Å²) in [5, 5.41) is 15.7. The molecule has 0 saturated carbocycles. The molecule has 0 spiro atoms. The molecule has 0 fully saturated rings. The second kappa shape index (κ2) is 4.88. The third-order valence-electron chi connectivity index (χ3n) is 2.17. The highest BCUT2D eigenvalue weighted by molar-refractivity contribution is 6.34. The number of aromatic nitrogens is 1. The van der Waals surface area contributed by atoms with Crippen molar-refractivity contribution in [2.75, 3.05) is 5.32 Å². The number of anilines is 1. The maximum absolute atomic E-state index is 11.0. The molecule has 17 heavy (non-hydrogen) atoms. The third-order valence-corrected chi connectivity index (χ3v) is 2.49. The molecule has 5 nitrogen and oxygen atoms in total. The number of hydrogen-bond acceptors (Lipinski definition) is 4. The fraction of sp³-hybridized carbons (Fsp3) is 0.0909.